The first-order valence-electron chi connectivity index (χ1n) is 13.1. The van der Waals surface area contributed by atoms with E-state index in [1.54, 1.807) is 50.3 Å². The van der Waals surface area contributed by atoms with E-state index >= 15 is 4.39 Å². The van der Waals surface area contributed by atoms with Crippen molar-refractivity contribution in [2.75, 3.05) is 13.2 Å². The van der Waals surface area contributed by atoms with Crippen molar-refractivity contribution in [1.29, 1.82) is 0 Å². The molecule has 3 aromatic carbocycles. The van der Waals surface area contributed by atoms with Gasteiger partial charge in [0.05, 0.1) is 13.2 Å². The highest BCUT2D eigenvalue weighted by atomic mass is 19.2. The van der Waals surface area contributed by atoms with Crippen LogP contribution in [0.3, 0.4) is 0 Å². The van der Waals surface area contributed by atoms with Gasteiger partial charge in [-0.1, -0.05) is 93.9 Å². The Hall–Kier alpha value is -2.57. The summed E-state index contributed by atoms with van der Waals surface area (Å²) in [6, 6.07) is 15.0. The molecular weight excluding hydrogens is 460 g/mol. The second-order valence-electron chi connectivity index (χ2n) is 9.64. The van der Waals surface area contributed by atoms with Crippen molar-refractivity contribution in [2.45, 2.75) is 58.1 Å². The van der Waals surface area contributed by atoms with Crippen LogP contribution in [0, 0.1) is 23.4 Å². The summed E-state index contributed by atoms with van der Waals surface area (Å²) in [4.78, 5) is 0. The summed E-state index contributed by atoms with van der Waals surface area (Å²) in [5, 5.41) is 0. The molecule has 1 saturated heterocycles. The van der Waals surface area contributed by atoms with Gasteiger partial charge in [0.15, 0.2) is 17.9 Å². The topological polar surface area (TPSA) is 18.5 Å². The molecular formula is C30H34BF3O2. The molecule has 2 nitrogen and oxygen atoms in total. The zero-order valence-corrected chi connectivity index (χ0v) is 21.2. The minimum absolute atomic E-state index is 0.193. The van der Waals surface area contributed by atoms with Gasteiger partial charge >= 0.3 is 0 Å². The summed E-state index contributed by atoms with van der Waals surface area (Å²) in [6.07, 6.45) is 7.21. The van der Waals surface area contributed by atoms with E-state index in [-0.39, 0.29) is 11.4 Å². The average molecular weight is 494 g/mol. The molecule has 0 amide bonds. The zero-order valence-electron chi connectivity index (χ0n) is 21.2. The minimum Gasteiger partial charge on any atom is -0.348 e. The van der Waals surface area contributed by atoms with Crippen molar-refractivity contribution in [3.8, 4) is 22.3 Å². The Morgan fingerprint density at radius 3 is 2.06 bits per heavy atom. The molecule has 36 heavy (non-hydrogen) atoms. The Morgan fingerprint density at radius 1 is 0.778 bits per heavy atom. The van der Waals surface area contributed by atoms with Crippen LogP contribution in [0.25, 0.3) is 22.3 Å². The van der Waals surface area contributed by atoms with E-state index in [0.29, 0.717) is 53.3 Å². The Labute approximate surface area is 213 Å². The first kappa shape index (κ1) is 26.5. The van der Waals surface area contributed by atoms with Crippen LogP contribution >= 0.6 is 0 Å². The third-order valence-corrected chi connectivity index (χ3v) is 7.00. The minimum atomic E-state index is -0.858. The van der Waals surface area contributed by atoms with Crippen molar-refractivity contribution < 1.29 is 22.6 Å². The maximum atomic E-state index is 15.0. The Balaban J connectivity index is 1.38. The van der Waals surface area contributed by atoms with Crippen LogP contribution in [0.5, 0.6) is 0 Å². The lowest BCUT2D eigenvalue weighted by molar-refractivity contribution is -0.206. The first-order valence-corrected chi connectivity index (χ1v) is 13.1. The van der Waals surface area contributed by atoms with Gasteiger partial charge in [0.25, 0.3) is 0 Å². The molecule has 0 radical (unpaired) electrons. The highest BCUT2D eigenvalue weighted by molar-refractivity contribution is 6.08. The van der Waals surface area contributed by atoms with E-state index in [2.05, 4.69) is 6.92 Å². The molecule has 0 unspecified atom stereocenters. The van der Waals surface area contributed by atoms with Gasteiger partial charge in [-0.15, -0.1) is 0 Å². The third-order valence-electron chi connectivity index (χ3n) is 7.00. The van der Waals surface area contributed by atoms with Gasteiger partial charge in [-0.25, -0.2) is 13.2 Å². The summed E-state index contributed by atoms with van der Waals surface area (Å²) in [5.74, 6) is -1.66. The van der Waals surface area contributed by atoms with Crippen molar-refractivity contribution in [3.05, 3.63) is 83.2 Å². The molecule has 0 aliphatic carbocycles. The van der Waals surface area contributed by atoms with Crippen LogP contribution in [0.15, 0.2) is 54.6 Å². The number of unbranched alkanes of at least 4 members (excludes halogenated alkanes) is 4. The van der Waals surface area contributed by atoms with Gasteiger partial charge in [0.2, 0.25) is 0 Å². The van der Waals surface area contributed by atoms with Crippen molar-refractivity contribution >= 4 is 7.85 Å². The molecule has 0 saturated carbocycles. The standard InChI is InChI=1S/C30H34BF3O2/c1-2-3-4-5-6-7-20-18-35-30(36-19-20)23-12-14-25(27(32)16-23)21-8-10-22(11-9-21)26-15-13-24(17-31)28(33)29(26)34/h8-16,20,30H,2-7,17-19,31H2,1H3. The molecule has 0 bridgehead atoms. The molecule has 0 atom stereocenters. The van der Waals surface area contributed by atoms with Gasteiger partial charge in [-0.3, -0.25) is 0 Å². The van der Waals surface area contributed by atoms with Gasteiger partial charge in [0, 0.05) is 22.6 Å². The smallest absolute Gasteiger partial charge is 0.183 e. The van der Waals surface area contributed by atoms with Crippen molar-refractivity contribution in [3.63, 3.8) is 0 Å². The van der Waals surface area contributed by atoms with Crippen LogP contribution in [-0.4, -0.2) is 21.1 Å². The highest BCUT2D eigenvalue weighted by Gasteiger charge is 2.24. The fraction of sp³-hybridized carbons (Fsp3) is 0.400. The van der Waals surface area contributed by atoms with Gasteiger partial charge in [-0.05, 0) is 29.2 Å². The molecule has 1 aliphatic heterocycles. The van der Waals surface area contributed by atoms with Crippen LogP contribution in [0.2, 0.25) is 0 Å². The number of hydrogen-bond donors (Lipinski definition) is 0. The molecule has 6 heteroatoms. The predicted octanol–water partition coefficient (Wildman–Crippen LogP) is 7.59. The van der Waals surface area contributed by atoms with Crippen molar-refractivity contribution in [1.82, 2.24) is 0 Å². The van der Waals surface area contributed by atoms with Gasteiger partial charge in [-0.2, -0.15) is 0 Å². The molecule has 0 spiro atoms. The summed E-state index contributed by atoms with van der Waals surface area (Å²) >= 11 is 0. The second-order valence-corrected chi connectivity index (χ2v) is 9.64. The lowest BCUT2D eigenvalue weighted by Gasteiger charge is -2.29. The molecule has 0 aromatic heterocycles. The summed E-state index contributed by atoms with van der Waals surface area (Å²) < 4.78 is 55.6. The maximum absolute atomic E-state index is 15.0. The Bertz CT molecular complexity index is 1140. The number of halogens is 3. The first-order chi connectivity index (χ1) is 17.5. The van der Waals surface area contributed by atoms with Crippen molar-refractivity contribution in [2.24, 2.45) is 5.92 Å². The lowest BCUT2D eigenvalue weighted by atomic mass is 9.93. The van der Waals surface area contributed by atoms with Crippen LogP contribution < -0.4 is 0 Å². The van der Waals surface area contributed by atoms with Crippen LogP contribution in [0.4, 0.5) is 13.2 Å². The normalized spacial score (nSPS) is 17.9. The average Bonchev–Trinajstić information content (AvgIpc) is 2.91. The molecule has 0 N–H and O–H groups in total. The fourth-order valence-electron chi connectivity index (χ4n) is 4.77. The van der Waals surface area contributed by atoms with E-state index < -0.39 is 17.9 Å². The summed E-state index contributed by atoms with van der Waals surface area (Å²) in [6.45, 7) is 3.46. The largest absolute Gasteiger partial charge is 0.348 e. The molecule has 4 rings (SSSR count). The molecule has 190 valence electrons. The fourth-order valence-corrected chi connectivity index (χ4v) is 4.77. The van der Waals surface area contributed by atoms with E-state index in [1.165, 1.54) is 38.2 Å². The number of hydrogen-bond acceptors (Lipinski definition) is 2. The van der Waals surface area contributed by atoms with E-state index in [4.69, 9.17) is 9.47 Å². The number of ether oxygens (including phenoxy) is 2. The highest BCUT2D eigenvalue weighted by Crippen LogP contribution is 2.33. The van der Waals surface area contributed by atoms with E-state index in [9.17, 15) is 8.78 Å². The maximum Gasteiger partial charge on any atom is 0.183 e. The molecule has 3 aromatic rings. The second kappa shape index (κ2) is 12.6. The van der Waals surface area contributed by atoms with E-state index in [1.807, 2.05) is 6.07 Å². The molecule has 1 aliphatic rings. The van der Waals surface area contributed by atoms with Gasteiger partial charge < -0.3 is 9.47 Å². The molecule has 1 fully saturated rings. The Kier molecular flexibility index (Phi) is 9.27. The third kappa shape index (κ3) is 6.22. The summed E-state index contributed by atoms with van der Waals surface area (Å²) in [7, 11) is 1.78. The summed E-state index contributed by atoms with van der Waals surface area (Å²) in [5.41, 5.74) is 2.82. The SMILES string of the molecule is BCc1ccc(-c2ccc(-c3ccc(C4OCC(CCCCCCC)CO4)cc3F)cc2)c(F)c1F. The number of rotatable bonds is 10. The monoisotopic (exact) mass is 494 g/mol. The zero-order chi connectivity index (χ0) is 25.5. The van der Waals surface area contributed by atoms with Gasteiger partial charge in [0.1, 0.15) is 13.7 Å². The number of benzene rings is 3. The van der Waals surface area contributed by atoms with Crippen LogP contribution in [0.1, 0.15) is 62.9 Å². The Morgan fingerprint density at radius 2 is 1.42 bits per heavy atom. The molecule has 1 heterocycles. The van der Waals surface area contributed by atoms with Crippen LogP contribution in [-0.2, 0) is 15.8 Å². The quantitative estimate of drug-likeness (QED) is 0.214. The van der Waals surface area contributed by atoms with E-state index in [0.717, 1.165) is 6.42 Å². The lowest BCUT2D eigenvalue weighted by Crippen LogP contribution is -2.27. The predicted molar refractivity (Wildman–Crippen MR) is 141 cm³/mol.